The van der Waals surface area contributed by atoms with E-state index in [0.29, 0.717) is 11.8 Å². The fraction of sp³-hybridized carbons (Fsp3) is 0.778. The quantitative estimate of drug-likeness (QED) is 0.848. The second-order valence-electron chi connectivity index (χ2n) is 8.17. The van der Waals surface area contributed by atoms with Gasteiger partial charge in [0, 0.05) is 45.0 Å². The molecule has 0 spiro atoms. The Morgan fingerprint density at radius 3 is 2.71 bits per heavy atom. The van der Waals surface area contributed by atoms with Gasteiger partial charge in [0.2, 0.25) is 0 Å². The highest BCUT2D eigenvalue weighted by Crippen LogP contribution is 2.25. The van der Waals surface area contributed by atoms with Gasteiger partial charge >= 0.3 is 6.09 Å². The topological polar surface area (TPSA) is 50.6 Å². The van der Waals surface area contributed by atoms with E-state index in [9.17, 15) is 4.79 Å². The van der Waals surface area contributed by atoms with Gasteiger partial charge in [0.15, 0.2) is 0 Å². The Morgan fingerprint density at radius 2 is 2.17 bits per heavy atom. The number of amides is 1. The van der Waals surface area contributed by atoms with Gasteiger partial charge in [-0.25, -0.2) is 4.79 Å². The SMILES string of the molecule is CC1CN(C(=O)OC(C)(C)C)CCC1CN(C)Cc1cnn(C)c1. The summed E-state index contributed by atoms with van der Waals surface area (Å²) in [5.74, 6) is 1.08. The zero-order valence-corrected chi connectivity index (χ0v) is 16.0. The minimum absolute atomic E-state index is 0.184. The van der Waals surface area contributed by atoms with E-state index in [2.05, 4.69) is 30.2 Å². The van der Waals surface area contributed by atoms with Crippen molar-refractivity contribution in [2.24, 2.45) is 18.9 Å². The van der Waals surface area contributed by atoms with Crippen LogP contribution in [0.3, 0.4) is 0 Å². The minimum atomic E-state index is -0.429. The molecule has 2 atom stereocenters. The van der Waals surface area contributed by atoms with Gasteiger partial charge in [-0.2, -0.15) is 5.10 Å². The Bertz CT molecular complexity index is 549. The van der Waals surface area contributed by atoms with Crippen LogP contribution in [-0.2, 0) is 18.3 Å². The molecule has 0 aromatic carbocycles. The van der Waals surface area contributed by atoms with Gasteiger partial charge in [-0.3, -0.25) is 4.68 Å². The number of piperidine rings is 1. The molecule has 1 amide bonds. The Kier molecular flexibility index (Phi) is 5.91. The first-order valence-corrected chi connectivity index (χ1v) is 8.78. The molecule has 1 fully saturated rings. The molecule has 0 saturated carbocycles. The summed E-state index contributed by atoms with van der Waals surface area (Å²) in [6.45, 7) is 11.5. The molecule has 24 heavy (non-hydrogen) atoms. The highest BCUT2D eigenvalue weighted by atomic mass is 16.6. The molecule has 0 bridgehead atoms. The fourth-order valence-electron chi connectivity index (χ4n) is 3.29. The number of likely N-dealkylation sites (tertiary alicyclic amines) is 1. The first-order chi connectivity index (χ1) is 11.1. The maximum Gasteiger partial charge on any atom is 0.410 e. The third-order valence-corrected chi connectivity index (χ3v) is 4.49. The van der Waals surface area contributed by atoms with E-state index in [-0.39, 0.29) is 6.09 Å². The highest BCUT2D eigenvalue weighted by Gasteiger charge is 2.31. The van der Waals surface area contributed by atoms with Gasteiger partial charge in [-0.05, 0) is 46.1 Å². The summed E-state index contributed by atoms with van der Waals surface area (Å²) < 4.78 is 7.33. The molecule has 1 aliphatic heterocycles. The third-order valence-electron chi connectivity index (χ3n) is 4.49. The first-order valence-electron chi connectivity index (χ1n) is 8.78. The molecule has 1 aromatic heterocycles. The van der Waals surface area contributed by atoms with Crippen LogP contribution in [0.1, 0.15) is 39.7 Å². The van der Waals surface area contributed by atoms with Gasteiger partial charge < -0.3 is 14.5 Å². The molecule has 1 aliphatic rings. The summed E-state index contributed by atoms with van der Waals surface area (Å²) in [6, 6.07) is 0. The third kappa shape index (κ3) is 5.51. The molecule has 0 radical (unpaired) electrons. The summed E-state index contributed by atoms with van der Waals surface area (Å²) in [6.07, 6.45) is 4.82. The predicted molar refractivity (Wildman–Crippen MR) is 94.6 cm³/mol. The van der Waals surface area contributed by atoms with Crippen LogP contribution in [-0.4, -0.2) is 58.0 Å². The van der Waals surface area contributed by atoms with Crippen molar-refractivity contribution in [1.82, 2.24) is 19.6 Å². The van der Waals surface area contributed by atoms with E-state index in [1.54, 1.807) is 0 Å². The van der Waals surface area contributed by atoms with Crippen LogP contribution in [0.2, 0.25) is 0 Å². The number of carbonyl (C=O) groups excluding carboxylic acids is 1. The van der Waals surface area contributed by atoms with Gasteiger partial charge in [0.1, 0.15) is 5.60 Å². The predicted octanol–water partition coefficient (Wildman–Crippen LogP) is 2.75. The Morgan fingerprint density at radius 1 is 1.46 bits per heavy atom. The molecule has 6 heteroatoms. The zero-order chi connectivity index (χ0) is 17.9. The number of hydrogen-bond donors (Lipinski definition) is 0. The minimum Gasteiger partial charge on any atom is -0.444 e. The monoisotopic (exact) mass is 336 g/mol. The number of rotatable bonds is 4. The number of aromatic nitrogens is 2. The van der Waals surface area contributed by atoms with Crippen molar-refractivity contribution < 1.29 is 9.53 Å². The molecule has 1 saturated heterocycles. The lowest BCUT2D eigenvalue weighted by Gasteiger charge is -2.39. The average Bonchev–Trinajstić information content (AvgIpc) is 2.84. The zero-order valence-electron chi connectivity index (χ0n) is 16.0. The van der Waals surface area contributed by atoms with E-state index in [0.717, 1.165) is 32.6 Å². The molecular formula is C18H32N4O2. The van der Waals surface area contributed by atoms with Crippen molar-refractivity contribution in [3.63, 3.8) is 0 Å². The van der Waals surface area contributed by atoms with Crippen molar-refractivity contribution in [3.05, 3.63) is 18.0 Å². The Balaban J connectivity index is 1.81. The lowest BCUT2D eigenvalue weighted by Crippen LogP contribution is -2.47. The highest BCUT2D eigenvalue weighted by molar-refractivity contribution is 5.68. The fourth-order valence-corrected chi connectivity index (χ4v) is 3.29. The van der Waals surface area contributed by atoms with Crippen molar-refractivity contribution in [2.45, 2.75) is 46.3 Å². The van der Waals surface area contributed by atoms with Gasteiger partial charge in [0.05, 0.1) is 6.20 Å². The van der Waals surface area contributed by atoms with Crippen LogP contribution in [0.15, 0.2) is 12.4 Å². The van der Waals surface area contributed by atoms with Crippen LogP contribution in [0.5, 0.6) is 0 Å². The largest absolute Gasteiger partial charge is 0.444 e. The van der Waals surface area contributed by atoms with Crippen molar-refractivity contribution >= 4 is 6.09 Å². The van der Waals surface area contributed by atoms with E-state index in [4.69, 9.17) is 4.74 Å². The maximum atomic E-state index is 12.2. The van der Waals surface area contributed by atoms with Crippen LogP contribution in [0, 0.1) is 11.8 Å². The molecule has 1 aromatic rings. The molecule has 2 heterocycles. The molecular weight excluding hydrogens is 304 g/mol. The maximum absolute atomic E-state index is 12.2. The second-order valence-corrected chi connectivity index (χ2v) is 8.17. The van der Waals surface area contributed by atoms with Gasteiger partial charge in [0.25, 0.3) is 0 Å². The van der Waals surface area contributed by atoms with E-state index >= 15 is 0 Å². The molecule has 2 unspecified atom stereocenters. The van der Waals surface area contributed by atoms with E-state index in [1.165, 1.54) is 5.56 Å². The molecule has 136 valence electrons. The summed E-state index contributed by atoms with van der Waals surface area (Å²) >= 11 is 0. The number of aryl methyl sites for hydroxylation is 1. The summed E-state index contributed by atoms with van der Waals surface area (Å²) in [7, 11) is 4.10. The van der Waals surface area contributed by atoms with Crippen molar-refractivity contribution in [3.8, 4) is 0 Å². The van der Waals surface area contributed by atoms with Gasteiger partial charge in [-0.15, -0.1) is 0 Å². The smallest absolute Gasteiger partial charge is 0.410 e. The van der Waals surface area contributed by atoms with Crippen LogP contribution in [0.25, 0.3) is 0 Å². The summed E-state index contributed by atoms with van der Waals surface area (Å²) in [5, 5.41) is 4.22. The standard InChI is InChI=1S/C18H32N4O2/c1-14-10-22(17(23)24-18(2,3)4)8-7-16(14)13-20(5)11-15-9-19-21(6)12-15/h9,12,14,16H,7-8,10-11,13H2,1-6H3. The Labute approximate surface area is 145 Å². The average molecular weight is 336 g/mol. The number of hydrogen-bond acceptors (Lipinski definition) is 4. The van der Waals surface area contributed by atoms with E-state index < -0.39 is 5.60 Å². The first kappa shape index (κ1) is 18.8. The second kappa shape index (κ2) is 7.55. The Hall–Kier alpha value is -1.56. The lowest BCUT2D eigenvalue weighted by molar-refractivity contribution is 0.00943. The summed E-state index contributed by atoms with van der Waals surface area (Å²) in [5.41, 5.74) is 0.806. The number of ether oxygens (including phenoxy) is 1. The van der Waals surface area contributed by atoms with Crippen LogP contribution < -0.4 is 0 Å². The molecule has 0 N–H and O–H groups in total. The summed E-state index contributed by atoms with van der Waals surface area (Å²) in [4.78, 5) is 16.4. The van der Waals surface area contributed by atoms with Crippen LogP contribution >= 0.6 is 0 Å². The normalized spacial score (nSPS) is 22.0. The van der Waals surface area contributed by atoms with Crippen molar-refractivity contribution in [1.29, 1.82) is 0 Å². The van der Waals surface area contributed by atoms with Crippen LogP contribution in [0.4, 0.5) is 4.79 Å². The molecule has 2 rings (SSSR count). The molecule has 6 nitrogen and oxygen atoms in total. The number of nitrogens with zero attached hydrogens (tertiary/aromatic N) is 4. The number of carbonyl (C=O) groups is 1. The van der Waals surface area contributed by atoms with E-state index in [1.807, 2.05) is 43.6 Å². The lowest BCUT2D eigenvalue weighted by atomic mass is 9.86. The molecule has 0 aliphatic carbocycles. The van der Waals surface area contributed by atoms with Gasteiger partial charge in [-0.1, -0.05) is 6.92 Å². The van der Waals surface area contributed by atoms with Crippen molar-refractivity contribution in [2.75, 3.05) is 26.7 Å².